The number of thiophene rings is 2. The number of carboxylic acids is 2. The Balaban J connectivity index is 1.39. The maximum atomic E-state index is 15.4. The molecule has 2 atom stereocenters. The number of aliphatic carboxylic acids is 2. The van der Waals surface area contributed by atoms with E-state index < -0.39 is 35.4 Å². The maximum Gasteiger partial charge on any atom is 0.306 e. The zero-order valence-electron chi connectivity index (χ0n) is 23.5. The number of benzene rings is 2. The summed E-state index contributed by atoms with van der Waals surface area (Å²) in [5.41, 5.74) is 0. The van der Waals surface area contributed by atoms with Crippen molar-refractivity contribution in [3.05, 3.63) is 45.9 Å². The standard InChI is InChI=1S/C30H29FO10S2/c1-14(29(35)36)7-19(33)25-10-16-9-21(18(32)12-23(16)42-25)40-5-4-6-41-28-22(39-3)13-24-17(27(28)31)11-26(43-24)20(34)8-15(2)30(37)38/h9-15,32H,4-8H2,1-3H3,(H,35,36)(H,37,38)/t14-,15-/m0/s1. The van der Waals surface area contributed by atoms with Crippen LogP contribution in [0.4, 0.5) is 4.39 Å². The molecule has 0 aliphatic rings. The molecule has 43 heavy (non-hydrogen) atoms. The van der Waals surface area contributed by atoms with E-state index in [-0.39, 0.29) is 65.1 Å². The van der Waals surface area contributed by atoms with Crippen LogP contribution in [0.25, 0.3) is 20.2 Å². The first kappa shape index (κ1) is 31.7. The van der Waals surface area contributed by atoms with Crippen molar-refractivity contribution >= 4 is 66.4 Å². The van der Waals surface area contributed by atoms with E-state index in [0.717, 1.165) is 22.7 Å². The number of aromatic hydroxyl groups is 1. The first-order valence-corrected chi connectivity index (χ1v) is 14.9. The zero-order chi connectivity index (χ0) is 31.4. The van der Waals surface area contributed by atoms with Gasteiger partial charge in [0.05, 0.1) is 41.9 Å². The molecule has 4 aromatic rings. The average Bonchev–Trinajstić information content (AvgIpc) is 3.58. The fraction of sp³-hybridized carbons (Fsp3) is 0.333. The Morgan fingerprint density at radius 2 is 1.40 bits per heavy atom. The quantitative estimate of drug-likeness (QED) is 0.0989. The van der Waals surface area contributed by atoms with Crippen molar-refractivity contribution in [3.8, 4) is 23.0 Å². The molecule has 13 heteroatoms. The summed E-state index contributed by atoms with van der Waals surface area (Å²) in [6, 6.07) is 7.63. The van der Waals surface area contributed by atoms with Gasteiger partial charge < -0.3 is 29.5 Å². The number of hydrogen-bond acceptors (Lipinski definition) is 10. The second-order valence-corrected chi connectivity index (χ2v) is 12.2. The molecule has 0 spiro atoms. The normalized spacial score (nSPS) is 12.7. The highest BCUT2D eigenvalue weighted by atomic mass is 32.1. The van der Waals surface area contributed by atoms with E-state index in [4.69, 9.17) is 24.4 Å². The Morgan fingerprint density at radius 1 is 0.814 bits per heavy atom. The molecule has 2 heterocycles. The molecule has 0 saturated heterocycles. The van der Waals surface area contributed by atoms with E-state index >= 15 is 4.39 Å². The number of hydrogen-bond donors (Lipinski definition) is 3. The highest BCUT2D eigenvalue weighted by Crippen LogP contribution is 2.41. The zero-order valence-corrected chi connectivity index (χ0v) is 25.1. The summed E-state index contributed by atoms with van der Waals surface area (Å²) in [7, 11) is 1.36. The van der Waals surface area contributed by atoms with E-state index in [2.05, 4.69) is 0 Å². The number of carbonyl (C=O) groups excluding carboxylic acids is 2. The predicted octanol–water partition coefficient (Wildman–Crippen LogP) is 6.40. The highest BCUT2D eigenvalue weighted by molar-refractivity contribution is 7.21. The second-order valence-electron chi connectivity index (χ2n) is 10.00. The molecule has 0 radical (unpaired) electrons. The van der Waals surface area contributed by atoms with Crippen molar-refractivity contribution in [1.29, 1.82) is 0 Å². The van der Waals surface area contributed by atoms with Gasteiger partial charge in [-0.05, 0) is 23.6 Å². The maximum absolute atomic E-state index is 15.4. The van der Waals surface area contributed by atoms with Crippen LogP contribution in [0.5, 0.6) is 23.0 Å². The van der Waals surface area contributed by atoms with Gasteiger partial charge in [-0.2, -0.15) is 0 Å². The van der Waals surface area contributed by atoms with Gasteiger partial charge in [0.15, 0.2) is 40.4 Å². The molecule has 0 aliphatic carbocycles. The number of phenols is 1. The summed E-state index contributed by atoms with van der Waals surface area (Å²) in [5.74, 6) is -5.17. The number of ketones is 2. The number of methoxy groups -OCH3 is 1. The summed E-state index contributed by atoms with van der Waals surface area (Å²) < 4.78 is 33.2. The molecule has 3 N–H and O–H groups in total. The smallest absolute Gasteiger partial charge is 0.306 e. The van der Waals surface area contributed by atoms with Crippen LogP contribution in [0.1, 0.15) is 52.5 Å². The number of phenolic OH excluding ortho intramolecular Hbond substituents is 1. The number of carbonyl (C=O) groups is 4. The minimum Gasteiger partial charge on any atom is -0.504 e. The third-order valence-electron chi connectivity index (χ3n) is 6.67. The Morgan fingerprint density at radius 3 is 2.00 bits per heavy atom. The van der Waals surface area contributed by atoms with Gasteiger partial charge in [-0.1, -0.05) is 13.8 Å². The van der Waals surface area contributed by atoms with Gasteiger partial charge >= 0.3 is 11.9 Å². The first-order valence-electron chi connectivity index (χ1n) is 13.2. The number of carboxylic acid groups (broad SMARTS) is 2. The average molecular weight is 633 g/mol. The largest absolute Gasteiger partial charge is 0.504 e. The van der Waals surface area contributed by atoms with Crippen LogP contribution in [0.15, 0.2) is 30.3 Å². The lowest BCUT2D eigenvalue weighted by molar-refractivity contribution is -0.141. The van der Waals surface area contributed by atoms with Crippen molar-refractivity contribution in [2.75, 3.05) is 20.3 Å². The van der Waals surface area contributed by atoms with Gasteiger partial charge in [0.1, 0.15) is 0 Å². The van der Waals surface area contributed by atoms with Crippen LogP contribution in [0.3, 0.4) is 0 Å². The van der Waals surface area contributed by atoms with Crippen molar-refractivity contribution in [2.24, 2.45) is 11.8 Å². The van der Waals surface area contributed by atoms with E-state index in [1.54, 1.807) is 18.2 Å². The molecule has 2 aromatic heterocycles. The second kappa shape index (κ2) is 13.4. The topological polar surface area (TPSA) is 157 Å². The van der Waals surface area contributed by atoms with E-state index in [9.17, 15) is 24.3 Å². The van der Waals surface area contributed by atoms with Crippen LogP contribution < -0.4 is 14.2 Å². The molecule has 4 rings (SSSR count). The van der Waals surface area contributed by atoms with Crippen LogP contribution in [-0.2, 0) is 9.59 Å². The lowest BCUT2D eigenvalue weighted by Crippen LogP contribution is -2.13. The predicted molar refractivity (Wildman–Crippen MR) is 159 cm³/mol. The fourth-order valence-electron chi connectivity index (χ4n) is 4.18. The summed E-state index contributed by atoms with van der Waals surface area (Å²) in [5, 5.41) is 29.4. The number of rotatable bonds is 15. The third kappa shape index (κ3) is 7.23. The van der Waals surface area contributed by atoms with Crippen LogP contribution >= 0.6 is 22.7 Å². The van der Waals surface area contributed by atoms with Gasteiger partial charge in [0.25, 0.3) is 0 Å². The number of Topliss-reactive ketones (excluding diaryl/α,β-unsaturated/α-hetero) is 2. The summed E-state index contributed by atoms with van der Waals surface area (Å²) >= 11 is 2.20. The molecule has 228 valence electrons. The van der Waals surface area contributed by atoms with Crippen LogP contribution in [-0.4, -0.2) is 59.1 Å². The van der Waals surface area contributed by atoms with Crippen molar-refractivity contribution in [1.82, 2.24) is 0 Å². The summed E-state index contributed by atoms with van der Waals surface area (Å²) in [6.45, 7) is 3.04. The molecule has 0 aliphatic heterocycles. The molecular weight excluding hydrogens is 603 g/mol. The molecule has 0 saturated carbocycles. The van der Waals surface area contributed by atoms with Gasteiger partial charge in [-0.25, -0.2) is 4.39 Å². The van der Waals surface area contributed by atoms with Crippen LogP contribution in [0, 0.1) is 17.7 Å². The summed E-state index contributed by atoms with van der Waals surface area (Å²) in [6.07, 6.45) is -0.0306. The summed E-state index contributed by atoms with van der Waals surface area (Å²) in [4.78, 5) is 47.8. The minimum atomic E-state index is -1.09. The fourth-order valence-corrected chi connectivity index (χ4v) is 6.24. The third-order valence-corrected chi connectivity index (χ3v) is 8.93. The molecular formula is C30H29FO10S2. The molecule has 10 nitrogen and oxygen atoms in total. The lowest BCUT2D eigenvalue weighted by atomic mass is 10.0. The Labute approximate surface area is 253 Å². The van der Waals surface area contributed by atoms with E-state index in [1.807, 2.05) is 0 Å². The Bertz CT molecular complexity index is 1710. The Hall–Kier alpha value is -4.23. The lowest BCUT2D eigenvalue weighted by Gasteiger charge is -2.13. The van der Waals surface area contributed by atoms with E-state index in [1.165, 1.54) is 33.1 Å². The monoisotopic (exact) mass is 632 g/mol. The van der Waals surface area contributed by atoms with Crippen LogP contribution in [0.2, 0.25) is 0 Å². The molecule has 0 fully saturated rings. The minimum absolute atomic E-state index is 0.0344. The van der Waals surface area contributed by atoms with Gasteiger partial charge in [-0.15, -0.1) is 22.7 Å². The number of fused-ring (bicyclic) bond motifs is 2. The Kier molecular flexibility index (Phi) is 9.87. The van der Waals surface area contributed by atoms with Gasteiger partial charge in [-0.3, -0.25) is 19.2 Å². The van der Waals surface area contributed by atoms with Crippen molar-refractivity contribution < 1.29 is 53.1 Å². The highest BCUT2D eigenvalue weighted by Gasteiger charge is 2.23. The molecule has 0 unspecified atom stereocenters. The molecule has 2 aromatic carbocycles. The number of halogens is 1. The first-order chi connectivity index (χ1) is 20.4. The van der Waals surface area contributed by atoms with E-state index in [0.29, 0.717) is 26.1 Å². The van der Waals surface area contributed by atoms with Crippen molar-refractivity contribution in [2.45, 2.75) is 33.1 Å². The molecule has 0 bridgehead atoms. The SMILES string of the molecule is COc1cc2sc(C(=O)C[C@H](C)C(=O)O)cc2c(F)c1OCCCOc1cc2cc(C(=O)C[C@H](C)C(=O)O)sc2cc1O. The van der Waals surface area contributed by atoms with Crippen molar-refractivity contribution in [3.63, 3.8) is 0 Å². The van der Waals surface area contributed by atoms with Gasteiger partial charge in [0, 0.05) is 46.2 Å². The van der Waals surface area contributed by atoms with Gasteiger partial charge in [0.2, 0.25) is 0 Å². The number of ether oxygens (including phenoxy) is 3. The molecule has 0 amide bonds.